The molecule has 0 aliphatic heterocycles. The van der Waals surface area contributed by atoms with Gasteiger partial charge in [-0.3, -0.25) is 0 Å². The van der Waals surface area contributed by atoms with Crippen molar-refractivity contribution in [3.05, 3.63) is 46.8 Å². The number of alkyl halides is 1. The first-order valence-corrected chi connectivity index (χ1v) is 6.76. The third kappa shape index (κ3) is 2.27. The van der Waals surface area contributed by atoms with Crippen LogP contribution in [0.2, 0.25) is 5.02 Å². The summed E-state index contributed by atoms with van der Waals surface area (Å²) >= 11 is 12.0. The van der Waals surface area contributed by atoms with Gasteiger partial charge in [0.1, 0.15) is 11.6 Å². The minimum absolute atomic E-state index is 0.0463. The molecule has 2 heterocycles. The van der Waals surface area contributed by atoms with Crippen LogP contribution >= 0.6 is 23.2 Å². The van der Waals surface area contributed by atoms with Gasteiger partial charge in [-0.15, -0.1) is 11.6 Å². The Hall–Kier alpha value is -1.59. The van der Waals surface area contributed by atoms with Gasteiger partial charge >= 0.3 is 0 Å². The predicted molar refractivity (Wildman–Crippen MR) is 74.6 cm³/mol. The number of rotatable bonds is 3. The number of hydrogen-bond acceptors (Lipinski definition) is 3. The summed E-state index contributed by atoms with van der Waals surface area (Å²) in [5.74, 6) is 0.778. The molecule has 4 nitrogen and oxygen atoms in total. The lowest BCUT2D eigenvalue weighted by molar-refractivity contribution is 0.376. The Morgan fingerprint density at radius 3 is 2.90 bits per heavy atom. The Morgan fingerprint density at radius 2 is 2.25 bits per heavy atom. The zero-order valence-electron chi connectivity index (χ0n) is 10.5. The van der Waals surface area contributed by atoms with Gasteiger partial charge in [0.2, 0.25) is 0 Å². The molecule has 0 N–H and O–H groups in total. The maximum Gasteiger partial charge on any atom is 0.156 e. The van der Waals surface area contributed by atoms with E-state index >= 15 is 0 Å². The molecule has 0 saturated heterocycles. The highest BCUT2D eigenvalue weighted by molar-refractivity contribution is 6.31. The summed E-state index contributed by atoms with van der Waals surface area (Å²) in [5, 5.41) is 3.38. The van der Waals surface area contributed by atoms with Crippen molar-refractivity contribution in [2.75, 3.05) is 0 Å². The molecule has 0 amide bonds. The van der Waals surface area contributed by atoms with E-state index in [-0.39, 0.29) is 10.4 Å². The molecule has 0 aliphatic carbocycles. The van der Waals surface area contributed by atoms with E-state index < -0.39 is 5.82 Å². The number of nitrogens with zero attached hydrogens (tertiary/aromatic N) is 3. The molecule has 2 aromatic heterocycles. The van der Waals surface area contributed by atoms with E-state index in [0.29, 0.717) is 29.2 Å². The Labute approximate surface area is 124 Å². The first-order chi connectivity index (χ1) is 9.56. The third-order valence-corrected chi connectivity index (χ3v) is 3.47. The van der Waals surface area contributed by atoms with E-state index in [4.69, 9.17) is 27.7 Å². The average Bonchev–Trinajstić information content (AvgIpc) is 3.00. The monoisotopic (exact) mass is 313 g/mol. The standard InChI is InChI=1S/C13H10Cl2FN3O/c1-7(14)13-18-11-5-10(16)9(15)4-12(11)19(13)6-8-2-3-17-20-8/h2-5,7H,6H2,1H3. The van der Waals surface area contributed by atoms with Crippen LogP contribution in [0.15, 0.2) is 28.9 Å². The molecule has 0 spiro atoms. The van der Waals surface area contributed by atoms with Crippen LogP contribution < -0.4 is 0 Å². The summed E-state index contributed by atoms with van der Waals surface area (Å²) < 4.78 is 20.5. The van der Waals surface area contributed by atoms with Gasteiger partial charge in [-0.25, -0.2) is 9.37 Å². The molecule has 3 aromatic rings. The van der Waals surface area contributed by atoms with E-state index in [1.807, 2.05) is 4.57 Å². The molecule has 0 saturated carbocycles. The first-order valence-electron chi connectivity index (χ1n) is 5.95. The van der Waals surface area contributed by atoms with Gasteiger partial charge in [0.25, 0.3) is 0 Å². The molecule has 1 atom stereocenters. The number of benzene rings is 1. The molecule has 0 radical (unpaired) electrons. The zero-order valence-corrected chi connectivity index (χ0v) is 12.0. The van der Waals surface area contributed by atoms with Crippen LogP contribution in [0.4, 0.5) is 4.39 Å². The number of hydrogen-bond donors (Lipinski definition) is 0. The molecule has 104 valence electrons. The maximum absolute atomic E-state index is 13.5. The third-order valence-electron chi connectivity index (χ3n) is 2.98. The van der Waals surface area contributed by atoms with Crippen molar-refractivity contribution in [3.8, 4) is 0 Å². The Bertz CT molecular complexity index is 753. The highest BCUT2D eigenvalue weighted by Crippen LogP contribution is 2.28. The number of fused-ring (bicyclic) bond motifs is 1. The minimum atomic E-state index is -0.503. The summed E-state index contributed by atoms with van der Waals surface area (Å²) in [7, 11) is 0. The second-order valence-electron chi connectivity index (χ2n) is 4.41. The van der Waals surface area contributed by atoms with Gasteiger partial charge in [0, 0.05) is 12.1 Å². The van der Waals surface area contributed by atoms with Crippen LogP contribution in [0.3, 0.4) is 0 Å². The minimum Gasteiger partial charge on any atom is -0.359 e. The smallest absolute Gasteiger partial charge is 0.156 e. The fourth-order valence-electron chi connectivity index (χ4n) is 2.09. The fraction of sp³-hybridized carbons (Fsp3) is 0.231. The lowest BCUT2D eigenvalue weighted by Crippen LogP contribution is -2.05. The highest BCUT2D eigenvalue weighted by atomic mass is 35.5. The quantitative estimate of drug-likeness (QED) is 0.682. The average molecular weight is 314 g/mol. The summed E-state index contributed by atoms with van der Waals surface area (Å²) in [6.45, 7) is 2.21. The summed E-state index contributed by atoms with van der Waals surface area (Å²) in [6.07, 6.45) is 1.56. The van der Waals surface area contributed by atoms with Crippen molar-refractivity contribution in [3.63, 3.8) is 0 Å². The number of imidazole rings is 1. The van der Waals surface area contributed by atoms with Gasteiger partial charge in [-0.05, 0) is 13.0 Å². The topological polar surface area (TPSA) is 43.9 Å². The van der Waals surface area contributed by atoms with Gasteiger partial charge < -0.3 is 9.09 Å². The SMILES string of the molecule is CC(Cl)c1nc2cc(F)c(Cl)cc2n1Cc1ccno1. The normalized spacial score (nSPS) is 13.0. The Balaban J connectivity index is 2.20. The Morgan fingerprint density at radius 1 is 1.45 bits per heavy atom. The van der Waals surface area contributed by atoms with E-state index in [0.717, 1.165) is 0 Å². The van der Waals surface area contributed by atoms with Crippen molar-refractivity contribution >= 4 is 34.2 Å². The van der Waals surface area contributed by atoms with Gasteiger partial charge in [-0.1, -0.05) is 16.8 Å². The molecule has 0 fully saturated rings. The second kappa shape index (κ2) is 5.07. The molecule has 1 aromatic carbocycles. The molecule has 1 unspecified atom stereocenters. The summed E-state index contributed by atoms with van der Waals surface area (Å²) in [6, 6.07) is 4.59. The summed E-state index contributed by atoms with van der Waals surface area (Å²) in [5.41, 5.74) is 1.21. The van der Waals surface area contributed by atoms with Crippen LogP contribution in [-0.2, 0) is 6.54 Å². The van der Waals surface area contributed by atoms with Crippen LogP contribution in [0, 0.1) is 5.82 Å². The van der Waals surface area contributed by atoms with Crippen molar-refractivity contribution in [2.24, 2.45) is 0 Å². The lowest BCUT2D eigenvalue weighted by atomic mass is 10.3. The molecule has 0 aliphatic rings. The number of aromatic nitrogens is 3. The van der Waals surface area contributed by atoms with Gasteiger partial charge in [-0.2, -0.15) is 0 Å². The van der Waals surface area contributed by atoms with Gasteiger partial charge in [0.05, 0.1) is 34.2 Å². The fourth-order valence-corrected chi connectivity index (χ4v) is 2.41. The van der Waals surface area contributed by atoms with Crippen LogP contribution in [0.5, 0.6) is 0 Å². The van der Waals surface area contributed by atoms with E-state index in [1.54, 1.807) is 25.3 Å². The van der Waals surface area contributed by atoms with E-state index in [1.165, 1.54) is 6.07 Å². The molecule has 0 bridgehead atoms. The largest absolute Gasteiger partial charge is 0.359 e. The predicted octanol–water partition coefficient (Wildman–Crippen LogP) is 4.16. The zero-order chi connectivity index (χ0) is 14.3. The number of halogens is 3. The lowest BCUT2D eigenvalue weighted by Gasteiger charge is -2.08. The molecular weight excluding hydrogens is 304 g/mol. The van der Waals surface area contributed by atoms with Crippen molar-refractivity contribution in [1.82, 2.24) is 14.7 Å². The molecular formula is C13H10Cl2FN3O. The van der Waals surface area contributed by atoms with Crippen molar-refractivity contribution < 1.29 is 8.91 Å². The van der Waals surface area contributed by atoms with Crippen LogP contribution in [-0.4, -0.2) is 14.7 Å². The summed E-state index contributed by atoms with van der Waals surface area (Å²) in [4.78, 5) is 4.36. The van der Waals surface area contributed by atoms with Crippen molar-refractivity contribution in [2.45, 2.75) is 18.8 Å². The van der Waals surface area contributed by atoms with Crippen molar-refractivity contribution in [1.29, 1.82) is 0 Å². The maximum atomic E-state index is 13.5. The molecule has 7 heteroatoms. The van der Waals surface area contributed by atoms with E-state index in [9.17, 15) is 4.39 Å². The van der Waals surface area contributed by atoms with Crippen LogP contribution in [0.25, 0.3) is 11.0 Å². The Kier molecular flexibility index (Phi) is 3.40. The molecule has 20 heavy (non-hydrogen) atoms. The highest BCUT2D eigenvalue weighted by Gasteiger charge is 2.18. The second-order valence-corrected chi connectivity index (χ2v) is 5.47. The molecule has 3 rings (SSSR count). The first kappa shape index (κ1) is 13.4. The van der Waals surface area contributed by atoms with E-state index in [2.05, 4.69) is 10.1 Å². The van der Waals surface area contributed by atoms with Crippen LogP contribution in [0.1, 0.15) is 23.9 Å². The van der Waals surface area contributed by atoms with Gasteiger partial charge in [0.15, 0.2) is 5.76 Å².